The first-order valence-electron chi connectivity index (χ1n) is 16.0. The maximum absolute atomic E-state index is 13.0. The Balaban J connectivity index is 3.30. The Morgan fingerprint density at radius 3 is 0.929 bits per heavy atom. The molecular weight excluding hydrogens is 540 g/mol. The molecule has 0 saturated heterocycles. The summed E-state index contributed by atoms with van der Waals surface area (Å²) in [5, 5.41) is 0. The number of carbonyl (C=O) groups is 3. The zero-order valence-corrected chi connectivity index (χ0v) is 26.9. The van der Waals surface area contributed by atoms with Gasteiger partial charge >= 0.3 is 18.3 Å². The van der Waals surface area contributed by atoms with Crippen molar-refractivity contribution in [2.24, 2.45) is 0 Å². The molecule has 0 fully saturated rings. The molecule has 0 aliphatic heterocycles. The van der Waals surface area contributed by atoms with E-state index in [4.69, 9.17) is 14.2 Å². The lowest BCUT2D eigenvalue weighted by atomic mass is 10.2. The van der Waals surface area contributed by atoms with E-state index in [0.717, 1.165) is 77.0 Å². The third kappa shape index (κ3) is 13.2. The molecule has 3 amide bonds. The van der Waals surface area contributed by atoms with Crippen molar-refractivity contribution >= 4 is 36.1 Å². The Hall–Kier alpha value is -3.18. The fourth-order valence-electron chi connectivity index (χ4n) is 4.06. The van der Waals surface area contributed by atoms with Crippen LogP contribution < -0.4 is 14.7 Å². The molecule has 12 nitrogen and oxygen atoms in total. The molecule has 240 valence electrons. The van der Waals surface area contributed by atoms with Gasteiger partial charge in [-0.05, 0) is 40.0 Å². The van der Waals surface area contributed by atoms with Gasteiger partial charge in [0.2, 0.25) is 17.8 Å². The summed E-state index contributed by atoms with van der Waals surface area (Å²) < 4.78 is 16.5. The van der Waals surface area contributed by atoms with Crippen molar-refractivity contribution in [1.82, 2.24) is 15.0 Å². The highest BCUT2D eigenvalue weighted by Gasteiger charge is 2.28. The highest BCUT2D eigenvalue weighted by Crippen LogP contribution is 2.22. The number of anilines is 3. The van der Waals surface area contributed by atoms with Crippen molar-refractivity contribution in [3.63, 3.8) is 0 Å². The minimum atomic E-state index is -0.611. The zero-order chi connectivity index (χ0) is 31.2. The molecule has 12 heteroatoms. The van der Waals surface area contributed by atoms with E-state index in [1.54, 1.807) is 20.8 Å². The molecule has 1 aromatic rings. The summed E-state index contributed by atoms with van der Waals surface area (Å²) in [5.41, 5.74) is 0. The van der Waals surface area contributed by atoms with Gasteiger partial charge in [0.25, 0.3) is 0 Å². The number of unbranched alkanes of at least 4 members (excludes halogenated alkanes) is 9. The Morgan fingerprint density at radius 2 is 0.714 bits per heavy atom. The molecule has 0 N–H and O–H groups in total. The molecule has 0 spiro atoms. The quantitative estimate of drug-likeness (QED) is 0.105. The Labute approximate surface area is 252 Å². The summed E-state index contributed by atoms with van der Waals surface area (Å²) in [4.78, 5) is 56.2. The predicted octanol–water partition coefficient (Wildman–Crippen LogP) is 7.50. The average Bonchev–Trinajstić information content (AvgIpc) is 2.98. The van der Waals surface area contributed by atoms with Crippen LogP contribution in [0.5, 0.6) is 0 Å². The molecule has 0 atom stereocenters. The van der Waals surface area contributed by atoms with Gasteiger partial charge in [0.05, 0.1) is 19.8 Å². The third-order valence-electron chi connectivity index (χ3n) is 6.60. The predicted molar refractivity (Wildman–Crippen MR) is 165 cm³/mol. The van der Waals surface area contributed by atoms with E-state index >= 15 is 0 Å². The SMILES string of the molecule is CCCCCCOC(=O)N(CC)c1nc(N(CC)C(=O)OCCCCCC)nc(N(CC)C(=O)OCCCCCC)n1. The third-order valence-corrected chi connectivity index (χ3v) is 6.60. The molecule has 0 saturated carbocycles. The van der Waals surface area contributed by atoms with Crippen LogP contribution >= 0.6 is 0 Å². The molecular formula is C30H54N6O6. The summed E-state index contributed by atoms with van der Waals surface area (Å²) in [6, 6.07) is 0. The van der Waals surface area contributed by atoms with Crippen LogP contribution in [0.1, 0.15) is 119 Å². The number of nitrogens with zero attached hydrogens (tertiary/aromatic N) is 6. The summed E-state index contributed by atoms with van der Waals surface area (Å²) in [6.07, 6.45) is 9.78. The monoisotopic (exact) mass is 594 g/mol. The van der Waals surface area contributed by atoms with Gasteiger partial charge in [-0.15, -0.1) is 0 Å². The van der Waals surface area contributed by atoms with Gasteiger partial charge in [0, 0.05) is 19.6 Å². The smallest absolute Gasteiger partial charge is 0.416 e. The number of carbonyl (C=O) groups excluding carboxylic acids is 3. The van der Waals surface area contributed by atoms with Crippen molar-refractivity contribution in [2.75, 3.05) is 54.2 Å². The second-order valence-corrected chi connectivity index (χ2v) is 9.99. The maximum Gasteiger partial charge on any atom is 0.416 e. The average molecular weight is 595 g/mol. The van der Waals surface area contributed by atoms with E-state index in [1.165, 1.54) is 14.7 Å². The number of hydrogen-bond donors (Lipinski definition) is 0. The lowest BCUT2D eigenvalue weighted by molar-refractivity contribution is 0.151. The van der Waals surface area contributed by atoms with Crippen LogP contribution in [0.4, 0.5) is 32.2 Å². The Kier molecular flexibility index (Phi) is 19.7. The number of amides is 3. The van der Waals surface area contributed by atoms with Crippen LogP contribution in [-0.2, 0) is 14.2 Å². The normalized spacial score (nSPS) is 10.7. The largest absolute Gasteiger partial charge is 0.449 e. The molecule has 42 heavy (non-hydrogen) atoms. The molecule has 1 heterocycles. The van der Waals surface area contributed by atoms with Gasteiger partial charge < -0.3 is 14.2 Å². The number of rotatable bonds is 21. The fraction of sp³-hybridized carbons (Fsp3) is 0.800. The fourth-order valence-corrected chi connectivity index (χ4v) is 4.06. The van der Waals surface area contributed by atoms with Crippen LogP contribution in [-0.4, -0.2) is 72.7 Å². The lowest BCUT2D eigenvalue weighted by Crippen LogP contribution is -2.38. The van der Waals surface area contributed by atoms with Crippen LogP contribution in [0, 0.1) is 0 Å². The first kappa shape index (κ1) is 36.8. The van der Waals surface area contributed by atoms with Gasteiger partial charge in [0.15, 0.2) is 0 Å². The summed E-state index contributed by atoms with van der Waals surface area (Å²) in [5.74, 6) is -0.0849. The van der Waals surface area contributed by atoms with Crippen LogP contribution in [0.15, 0.2) is 0 Å². The molecule has 0 bridgehead atoms. The van der Waals surface area contributed by atoms with Crippen molar-refractivity contribution in [3.05, 3.63) is 0 Å². The second-order valence-electron chi connectivity index (χ2n) is 9.99. The zero-order valence-electron chi connectivity index (χ0n) is 26.9. The minimum absolute atomic E-state index is 0.0283. The van der Waals surface area contributed by atoms with E-state index in [2.05, 4.69) is 35.7 Å². The van der Waals surface area contributed by atoms with Crippen molar-refractivity contribution in [3.8, 4) is 0 Å². The van der Waals surface area contributed by atoms with Gasteiger partial charge in [0.1, 0.15) is 0 Å². The molecule has 0 unspecified atom stereocenters. The van der Waals surface area contributed by atoms with Gasteiger partial charge in [-0.25, -0.2) is 29.1 Å². The van der Waals surface area contributed by atoms with Crippen molar-refractivity contribution < 1.29 is 28.6 Å². The van der Waals surface area contributed by atoms with Gasteiger partial charge in [-0.1, -0.05) is 78.6 Å². The number of ether oxygens (including phenoxy) is 3. The van der Waals surface area contributed by atoms with E-state index in [-0.39, 0.29) is 57.3 Å². The van der Waals surface area contributed by atoms with Gasteiger partial charge in [-0.2, -0.15) is 15.0 Å². The Bertz CT molecular complexity index is 792. The summed E-state index contributed by atoms with van der Waals surface area (Å²) in [6.45, 7) is 13.1. The molecule has 0 aromatic carbocycles. The highest BCUT2D eigenvalue weighted by molar-refractivity contribution is 5.89. The Morgan fingerprint density at radius 1 is 0.452 bits per heavy atom. The highest BCUT2D eigenvalue weighted by atomic mass is 16.6. The summed E-state index contributed by atoms with van der Waals surface area (Å²) in [7, 11) is 0. The first-order valence-corrected chi connectivity index (χ1v) is 16.0. The molecule has 1 rings (SSSR count). The first-order chi connectivity index (χ1) is 20.4. The topological polar surface area (TPSA) is 127 Å². The van der Waals surface area contributed by atoms with E-state index in [9.17, 15) is 14.4 Å². The summed E-state index contributed by atoms with van der Waals surface area (Å²) >= 11 is 0. The second kappa shape index (κ2) is 22.4. The van der Waals surface area contributed by atoms with Crippen molar-refractivity contribution in [2.45, 2.75) is 119 Å². The van der Waals surface area contributed by atoms with Crippen LogP contribution in [0.25, 0.3) is 0 Å². The van der Waals surface area contributed by atoms with Crippen molar-refractivity contribution in [1.29, 1.82) is 0 Å². The molecule has 0 aliphatic rings. The van der Waals surface area contributed by atoms with Crippen LogP contribution in [0.2, 0.25) is 0 Å². The number of hydrogen-bond acceptors (Lipinski definition) is 9. The van der Waals surface area contributed by atoms with E-state index in [1.807, 2.05) is 0 Å². The van der Waals surface area contributed by atoms with Gasteiger partial charge in [-0.3, -0.25) is 0 Å². The molecule has 1 aromatic heterocycles. The number of aromatic nitrogens is 3. The molecule has 0 radical (unpaired) electrons. The molecule has 0 aliphatic carbocycles. The standard InChI is InChI=1S/C30H54N6O6/c1-7-13-16-19-22-40-28(37)34(10-4)25-31-26(35(11-5)29(38)41-23-20-17-14-8-2)33-27(32-25)36(12-6)30(39)42-24-21-18-15-9-3/h7-24H2,1-6H3. The minimum Gasteiger partial charge on any atom is -0.449 e. The lowest BCUT2D eigenvalue weighted by Gasteiger charge is -2.25. The maximum atomic E-state index is 13.0. The van der Waals surface area contributed by atoms with E-state index in [0.29, 0.717) is 0 Å². The van der Waals surface area contributed by atoms with E-state index < -0.39 is 18.3 Å². The van der Waals surface area contributed by atoms with Crippen LogP contribution in [0.3, 0.4) is 0 Å².